The van der Waals surface area contributed by atoms with Crippen LogP contribution in [0.3, 0.4) is 0 Å². The lowest BCUT2D eigenvalue weighted by Gasteiger charge is -2.23. The number of hydrogen-bond acceptors (Lipinski definition) is 3. The van der Waals surface area contributed by atoms with Crippen molar-refractivity contribution in [2.75, 3.05) is 19.7 Å². The summed E-state index contributed by atoms with van der Waals surface area (Å²) in [5.41, 5.74) is 6.75. The summed E-state index contributed by atoms with van der Waals surface area (Å²) in [7, 11) is 0. The fraction of sp³-hybridized carbons (Fsp3) is 0.588. The highest BCUT2D eigenvalue weighted by Crippen LogP contribution is 2.19. The average molecular weight is 327 g/mol. The first-order chi connectivity index (χ1) is 10.1. The van der Waals surface area contributed by atoms with Crippen LogP contribution in [-0.2, 0) is 11.2 Å². The first-order valence-corrected chi connectivity index (χ1v) is 7.81. The molecule has 0 bridgehead atoms. The van der Waals surface area contributed by atoms with Crippen LogP contribution in [-0.4, -0.2) is 36.5 Å². The first-order valence-electron chi connectivity index (χ1n) is 7.81. The van der Waals surface area contributed by atoms with Crippen molar-refractivity contribution in [3.63, 3.8) is 0 Å². The summed E-state index contributed by atoms with van der Waals surface area (Å²) >= 11 is 0. The van der Waals surface area contributed by atoms with Crippen molar-refractivity contribution < 1.29 is 9.53 Å². The second-order valence-corrected chi connectivity index (χ2v) is 6.14. The highest BCUT2D eigenvalue weighted by Gasteiger charge is 2.27. The van der Waals surface area contributed by atoms with Crippen molar-refractivity contribution in [2.45, 2.75) is 39.2 Å². The molecule has 2 N–H and O–H groups in total. The van der Waals surface area contributed by atoms with Crippen molar-refractivity contribution in [3.05, 3.63) is 29.8 Å². The normalized spacial score (nSPS) is 17.5. The van der Waals surface area contributed by atoms with E-state index in [0.717, 1.165) is 30.7 Å². The van der Waals surface area contributed by atoms with Gasteiger partial charge in [0.05, 0.1) is 13.0 Å². The molecule has 1 unspecified atom stereocenters. The number of carbonyl (C=O) groups is 1. The SMILES string of the molecule is CC(C)COc1ccc(CC(=O)N2CCCC2CN)cc1.Cl. The number of rotatable bonds is 6. The Kier molecular flexibility index (Phi) is 7.69. The van der Waals surface area contributed by atoms with E-state index < -0.39 is 0 Å². The Labute approximate surface area is 139 Å². The summed E-state index contributed by atoms with van der Waals surface area (Å²) in [6.45, 7) is 6.36. The minimum absolute atomic E-state index is 0. The van der Waals surface area contributed by atoms with Crippen LogP contribution in [0.25, 0.3) is 0 Å². The second-order valence-electron chi connectivity index (χ2n) is 6.14. The predicted molar refractivity (Wildman–Crippen MR) is 91.5 cm³/mol. The van der Waals surface area contributed by atoms with E-state index in [1.807, 2.05) is 29.2 Å². The molecule has 1 fully saturated rings. The van der Waals surface area contributed by atoms with E-state index in [0.29, 0.717) is 25.5 Å². The Balaban J connectivity index is 0.00000242. The summed E-state index contributed by atoms with van der Waals surface area (Å²) in [4.78, 5) is 14.3. The van der Waals surface area contributed by atoms with Crippen LogP contribution in [0, 0.1) is 5.92 Å². The summed E-state index contributed by atoms with van der Waals surface area (Å²) in [6, 6.07) is 8.05. The van der Waals surface area contributed by atoms with E-state index >= 15 is 0 Å². The third-order valence-electron chi connectivity index (χ3n) is 3.83. The summed E-state index contributed by atoms with van der Waals surface area (Å²) in [6.07, 6.45) is 2.54. The van der Waals surface area contributed by atoms with Gasteiger partial charge in [-0.25, -0.2) is 0 Å². The maximum absolute atomic E-state index is 12.3. The zero-order valence-corrected chi connectivity index (χ0v) is 14.3. The lowest BCUT2D eigenvalue weighted by atomic mass is 10.1. The van der Waals surface area contributed by atoms with Crippen molar-refractivity contribution in [2.24, 2.45) is 11.7 Å². The van der Waals surface area contributed by atoms with Gasteiger partial charge in [-0.2, -0.15) is 0 Å². The quantitative estimate of drug-likeness (QED) is 0.874. The predicted octanol–water partition coefficient (Wildman–Crippen LogP) is 2.64. The van der Waals surface area contributed by atoms with E-state index in [2.05, 4.69) is 13.8 Å². The Bertz CT molecular complexity index is 462. The number of benzene rings is 1. The molecule has 22 heavy (non-hydrogen) atoms. The fourth-order valence-corrected chi connectivity index (χ4v) is 2.65. The van der Waals surface area contributed by atoms with Crippen molar-refractivity contribution in [1.82, 2.24) is 4.90 Å². The molecule has 0 saturated carbocycles. The van der Waals surface area contributed by atoms with Crippen LogP contribution < -0.4 is 10.5 Å². The van der Waals surface area contributed by atoms with E-state index in [1.54, 1.807) is 0 Å². The molecule has 1 aliphatic heterocycles. The zero-order valence-electron chi connectivity index (χ0n) is 13.5. The van der Waals surface area contributed by atoms with E-state index in [4.69, 9.17) is 10.5 Å². The Morgan fingerprint density at radius 3 is 2.64 bits per heavy atom. The largest absolute Gasteiger partial charge is 0.493 e. The van der Waals surface area contributed by atoms with Gasteiger partial charge in [-0.05, 0) is 36.5 Å². The van der Waals surface area contributed by atoms with Crippen LogP contribution in [0.1, 0.15) is 32.3 Å². The van der Waals surface area contributed by atoms with Crippen molar-refractivity contribution in [3.8, 4) is 5.75 Å². The highest BCUT2D eigenvalue weighted by atomic mass is 35.5. The molecule has 0 spiro atoms. The number of nitrogens with zero attached hydrogens (tertiary/aromatic N) is 1. The lowest BCUT2D eigenvalue weighted by Crippen LogP contribution is -2.40. The third-order valence-corrected chi connectivity index (χ3v) is 3.83. The van der Waals surface area contributed by atoms with Gasteiger partial charge in [0.15, 0.2) is 0 Å². The molecule has 0 aliphatic carbocycles. The number of amides is 1. The molecule has 1 saturated heterocycles. The van der Waals surface area contributed by atoms with Gasteiger partial charge in [0.2, 0.25) is 5.91 Å². The number of hydrogen-bond donors (Lipinski definition) is 1. The Morgan fingerprint density at radius 1 is 1.36 bits per heavy atom. The van der Waals surface area contributed by atoms with Crippen LogP contribution in [0.2, 0.25) is 0 Å². The highest BCUT2D eigenvalue weighted by molar-refractivity contribution is 5.85. The molecule has 0 radical (unpaired) electrons. The van der Waals surface area contributed by atoms with Gasteiger partial charge in [0, 0.05) is 19.1 Å². The monoisotopic (exact) mass is 326 g/mol. The maximum Gasteiger partial charge on any atom is 0.227 e. The van der Waals surface area contributed by atoms with Crippen LogP contribution >= 0.6 is 12.4 Å². The average Bonchev–Trinajstić information content (AvgIpc) is 2.95. The maximum atomic E-state index is 12.3. The Hall–Kier alpha value is -1.26. The molecule has 124 valence electrons. The minimum atomic E-state index is 0. The standard InChI is InChI=1S/C17H26N2O2.ClH/c1-13(2)12-21-16-7-5-14(6-8-16)10-17(20)19-9-3-4-15(19)11-18;/h5-8,13,15H,3-4,9-12,18H2,1-2H3;1H. The molecular formula is C17H27ClN2O2. The summed E-state index contributed by atoms with van der Waals surface area (Å²) in [5, 5.41) is 0. The topological polar surface area (TPSA) is 55.6 Å². The lowest BCUT2D eigenvalue weighted by molar-refractivity contribution is -0.131. The van der Waals surface area contributed by atoms with Crippen LogP contribution in [0.5, 0.6) is 5.75 Å². The number of carbonyl (C=O) groups excluding carboxylic acids is 1. The van der Waals surface area contributed by atoms with Gasteiger partial charge in [0.1, 0.15) is 5.75 Å². The first kappa shape index (κ1) is 18.8. The van der Waals surface area contributed by atoms with Gasteiger partial charge in [0.25, 0.3) is 0 Å². The third kappa shape index (κ3) is 5.18. The number of likely N-dealkylation sites (tertiary alicyclic amines) is 1. The van der Waals surface area contributed by atoms with Gasteiger partial charge in [-0.15, -0.1) is 12.4 Å². The molecule has 1 aromatic rings. The number of ether oxygens (including phenoxy) is 1. The summed E-state index contributed by atoms with van der Waals surface area (Å²) in [5.74, 6) is 1.55. The fourth-order valence-electron chi connectivity index (χ4n) is 2.65. The van der Waals surface area contributed by atoms with Crippen LogP contribution in [0.4, 0.5) is 0 Å². The smallest absolute Gasteiger partial charge is 0.227 e. The molecule has 0 aromatic heterocycles. The molecular weight excluding hydrogens is 300 g/mol. The molecule has 1 atom stereocenters. The zero-order chi connectivity index (χ0) is 15.2. The van der Waals surface area contributed by atoms with Gasteiger partial charge in [-0.1, -0.05) is 26.0 Å². The van der Waals surface area contributed by atoms with Gasteiger partial charge in [-0.3, -0.25) is 4.79 Å². The number of halogens is 1. The van der Waals surface area contributed by atoms with Crippen molar-refractivity contribution >= 4 is 18.3 Å². The molecule has 5 heteroatoms. The van der Waals surface area contributed by atoms with Crippen molar-refractivity contribution in [1.29, 1.82) is 0 Å². The minimum Gasteiger partial charge on any atom is -0.493 e. The van der Waals surface area contributed by atoms with E-state index in [-0.39, 0.29) is 24.4 Å². The molecule has 1 aromatic carbocycles. The molecule has 1 amide bonds. The molecule has 2 rings (SSSR count). The molecule has 1 heterocycles. The van der Waals surface area contributed by atoms with E-state index in [9.17, 15) is 4.79 Å². The van der Waals surface area contributed by atoms with Crippen LogP contribution in [0.15, 0.2) is 24.3 Å². The van der Waals surface area contributed by atoms with Gasteiger partial charge >= 0.3 is 0 Å². The van der Waals surface area contributed by atoms with Gasteiger partial charge < -0.3 is 15.4 Å². The number of nitrogens with two attached hydrogens (primary N) is 1. The Morgan fingerprint density at radius 2 is 2.05 bits per heavy atom. The second kappa shape index (κ2) is 9.01. The van der Waals surface area contributed by atoms with E-state index in [1.165, 1.54) is 0 Å². The molecule has 4 nitrogen and oxygen atoms in total. The summed E-state index contributed by atoms with van der Waals surface area (Å²) < 4.78 is 5.65. The molecule has 1 aliphatic rings.